The quantitative estimate of drug-likeness (QED) is 0.896. The highest BCUT2D eigenvalue weighted by Gasteiger charge is 2.66. The van der Waals surface area contributed by atoms with Crippen molar-refractivity contribution < 1.29 is 19.4 Å². The van der Waals surface area contributed by atoms with Crippen molar-refractivity contribution in [2.45, 2.75) is 37.8 Å². The first-order valence-electron chi connectivity index (χ1n) is 7.88. The van der Waals surface area contributed by atoms with E-state index in [1.165, 1.54) is 18.6 Å². The molecule has 0 radical (unpaired) electrons. The molecule has 2 N–H and O–H groups in total. The molecular formula is C17H19NO4. The lowest BCUT2D eigenvalue weighted by atomic mass is 9.46. The molecule has 116 valence electrons. The van der Waals surface area contributed by atoms with E-state index < -0.39 is 5.97 Å². The molecule has 0 bridgehead atoms. The third-order valence-corrected chi connectivity index (χ3v) is 5.69. The van der Waals surface area contributed by atoms with Gasteiger partial charge in [0.1, 0.15) is 0 Å². The number of rotatable bonds is 3. The van der Waals surface area contributed by atoms with Crippen LogP contribution in [0.15, 0.2) is 24.3 Å². The maximum Gasteiger partial charge on any atom is 0.335 e. The van der Waals surface area contributed by atoms with Crippen LogP contribution in [0.2, 0.25) is 0 Å². The zero-order valence-electron chi connectivity index (χ0n) is 12.2. The first-order valence-corrected chi connectivity index (χ1v) is 7.88. The van der Waals surface area contributed by atoms with E-state index in [1.54, 1.807) is 12.1 Å². The van der Waals surface area contributed by atoms with Crippen LogP contribution in [0.5, 0.6) is 0 Å². The second-order valence-corrected chi connectivity index (χ2v) is 6.67. The SMILES string of the molecule is O=C(O)c1cccc(C(=O)NC2C3CCOC3C23CCC3)c1. The Labute approximate surface area is 128 Å². The molecule has 1 spiro atoms. The highest BCUT2D eigenvalue weighted by molar-refractivity contribution is 5.97. The Hall–Kier alpha value is -1.88. The van der Waals surface area contributed by atoms with Crippen LogP contribution in [0.3, 0.4) is 0 Å². The van der Waals surface area contributed by atoms with Crippen LogP contribution in [-0.4, -0.2) is 35.7 Å². The van der Waals surface area contributed by atoms with Gasteiger partial charge in [-0.3, -0.25) is 4.79 Å². The minimum Gasteiger partial charge on any atom is -0.478 e. The van der Waals surface area contributed by atoms with Gasteiger partial charge in [0.15, 0.2) is 0 Å². The molecule has 3 atom stereocenters. The number of ether oxygens (including phenoxy) is 1. The maximum absolute atomic E-state index is 12.5. The molecule has 1 heterocycles. The fourth-order valence-corrected chi connectivity index (χ4v) is 4.47. The van der Waals surface area contributed by atoms with Crippen molar-refractivity contribution in [3.05, 3.63) is 35.4 Å². The smallest absolute Gasteiger partial charge is 0.335 e. The number of hydrogen-bond donors (Lipinski definition) is 2. The summed E-state index contributed by atoms with van der Waals surface area (Å²) in [5, 5.41) is 12.2. The van der Waals surface area contributed by atoms with Gasteiger partial charge in [-0.25, -0.2) is 4.79 Å². The van der Waals surface area contributed by atoms with Crippen LogP contribution in [0.25, 0.3) is 0 Å². The van der Waals surface area contributed by atoms with Gasteiger partial charge in [0.25, 0.3) is 5.91 Å². The maximum atomic E-state index is 12.5. The lowest BCUT2D eigenvalue weighted by Crippen LogP contribution is -2.71. The third-order valence-electron chi connectivity index (χ3n) is 5.69. The molecule has 5 nitrogen and oxygen atoms in total. The molecular weight excluding hydrogens is 282 g/mol. The zero-order chi connectivity index (χ0) is 15.3. The number of nitrogens with one attached hydrogen (secondary N) is 1. The van der Waals surface area contributed by atoms with Gasteiger partial charge < -0.3 is 15.2 Å². The van der Waals surface area contributed by atoms with Crippen LogP contribution >= 0.6 is 0 Å². The summed E-state index contributed by atoms with van der Waals surface area (Å²) in [4.78, 5) is 23.5. The number of hydrogen-bond acceptors (Lipinski definition) is 3. The summed E-state index contributed by atoms with van der Waals surface area (Å²) in [6.45, 7) is 0.790. The number of carboxylic acid groups (broad SMARTS) is 1. The highest BCUT2D eigenvalue weighted by Crippen LogP contribution is 2.62. The first-order chi connectivity index (χ1) is 10.6. The van der Waals surface area contributed by atoms with Crippen molar-refractivity contribution in [1.29, 1.82) is 0 Å². The van der Waals surface area contributed by atoms with Gasteiger partial charge in [-0.15, -0.1) is 0 Å². The third kappa shape index (κ3) is 1.81. The van der Waals surface area contributed by atoms with Gasteiger partial charge in [0.2, 0.25) is 0 Å². The molecule has 3 unspecified atom stereocenters. The summed E-state index contributed by atoms with van der Waals surface area (Å²) in [6.07, 6.45) is 4.76. The van der Waals surface area contributed by atoms with E-state index in [0.29, 0.717) is 17.6 Å². The summed E-state index contributed by atoms with van der Waals surface area (Å²) in [6, 6.07) is 6.38. The summed E-state index contributed by atoms with van der Waals surface area (Å²) >= 11 is 0. The molecule has 3 aliphatic rings. The van der Waals surface area contributed by atoms with Crippen LogP contribution in [-0.2, 0) is 4.74 Å². The predicted molar refractivity (Wildman–Crippen MR) is 78.8 cm³/mol. The molecule has 1 saturated heterocycles. The fraction of sp³-hybridized carbons (Fsp3) is 0.529. The number of fused-ring (bicyclic) bond motifs is 2. The van der Waals surface area contributed by atoms with Gasteiger partial charge in [-0.1, -0.05) is 12.5 Å². The Bertz CT molecular complexity index is 637. The number of benzene rings is 1. The minimum atomic E-state index is -1.02. The van der Waals surface area contributed by atoms with Crippen molar-refractivity contribution in [3.63, 3.8) is 0 Å². The monoisotopic (exact) mass is 301 g/mol. The van der Waals surface area contributed by atoms with Crippen molar-refractivity contribution in [3.8, 4) is 0 Å². The Balaban J connectivity index is 1.52. The molecule has 2 saturated carbocycles. The summed E-state index contributed by atoms with van der Waals surface area (Å²) < 4.78 is 5.85. The first kappa shape index (κ1) is 13.8. The Kier molecular flexibility index (Phi) is 3.01. The molecule has 22 heavy (non-hydrogen) atoms. The normalized spacial score (nSPS) is 31.0. The van der Waals surface area contributed by atoms with Crippen molar-refractivity contribution >= 4 is 11.9 Å². The molecule has 1 aromatic carbocycles. The summed E-state index contributed by atoms with van der Waals surface area (Å²) in [5.74, 6) is -0.769. The Morgan fingerprint density at radius 3 is 2.73 bits per heavy atom. The van der Waals surface area contributed by atoms with Gasteiger partial charge in [-0.2, -0.15) is 0 Å². The van der Waals surface area contributed by atoms with Gasteiger partial charge in [0, 0.05) is 29.5 Å². The van der Waals surface area contributed by atoms with E-state index in [-0.39, 0.29) is 22.9 Å². The molecule has 4 rings (SSSR count). The molecule has 0 aromatic heterocycles. The van der Waals surface area contributed by atoms with Crippen molar-refractivity contribution in [2.75, 3.05) is 6.61 Å². The number of aromatic carboxylic acids is 1. The van der Waals surface area contributed by atoms with Crippen LogP contribution in [0, 0.1) is 11.3 Å². The van der Waals surface area contributed by atoms with Gasteiger partial charge in [0.05, 0.1) is 11.7 Å². The molecule has 1 amide bonds. The van der Waals surface area contributed by atoms with Crippen LogP contribution < -0.4 is 5.32 Å². The predicted octanol–water partition coefficient (Wildman–Crippen LogP) is 2.07. The van der Waals surface area contributed by atoms with Crippen molar-refractivity contribution in [1.82, 2.24) is 5.32 Å². The topological polar surface area (TPSA) is 75.6 Å². The molecule has 1 aromatic rings. The number of carbonyl (C=O) groups is 2. The summed E-state index contributed by atoms with van der Waals surface area (Å²) in [7, 11) is 0. The van der Waals surface area contributed by atoms with Crippen LogP contribution in [0.1, 0.15) is 46.4 Å². The largest absolute Gasteiger partial charge is 0.478 e. The fourth-order valence-electron chi connectivity index (χ4n) is 4.47. The lowest BCUT2D eigenvalue weighted by molar-refractivity contribution is -0.172. The second kappa shape index (κ2) is 4.81. The van der Waals surface area contributed by atoms with E-state index >= 15 is 0 Å². The summed E-state index contributed by atoms with van der Waals surface area (Å²) in [5.41, 5.74) is 0.694. The standard InChI is InChI=1S/C17H19NO4/c19-15(10-3-1-4-11(9-10)16(20)21)18-13-12-5-8-22-14(12)17(13)6-2-7-17/h1,3-4,9,12-14H,2,5-8H2,(H,18,19)(H,20,21). The Morgan fingerprint density at radius 2 is 2.05 bits per heavy atom. The number of amides is 1. The molecule has 2 aliphatic carbocycles. The highest BCUT2D eigenvalue weighted by atomic mass is 16.5. The van der Waals surface area contributed by atoms with Gasteiger partial charge >= 0.3 is 5.97 Å². The van der Waals surface area contributed by atoms with Crippen molar-refractivity contribution in [2.24, 2.45) is 11.3 Å². The second-order valence-electron chi connectivity index (χ2n) is 6.67. The van der Waals surface area contributed by atoms with E-state index in [1.807, 2.05) is 0 Å². The van der Waals surface area contributed by atoms with E-state index in [2.05, 4.69) is 5.32 Å². The number of carbonyl (C=O) groups excluding carboxylic acids is 1. The van der Waals surface area contributed by atoms with Crippen LogP contribution in [0.4, 0.5) is 0 Å². The molecule has 3 fully saturated rings. The number of carboxylic acids is 1. The lowest BCUT2D eigenvalue weighted by Gasteiger charge is -2.63. The average molecular weight is 301 g/mol. The van der Waals surface area contributed by atoms with Gasteiger partial charge in [-0.05, 0) is 37.5 Å². The minimum absolute atomic E-state index is 0.140. The zero-order valence-corrected chi connectivity index (χ0v) is 12.2. The average Bonchev–Trinajstić information content (AvgIpc) is 2.88. The van der Waals surface area contributed by atoms with E-state index in [4.69, 9.17) is 9.84 Å². The molecule has 1 aliphatic heterocycles. The van der Waals surface area contributed by atoms with E-state index in [9.17, 15) is 9.59 Å². The van der Waals surface area contributed by atoms with E-state index in [0.717, 1.165) is 25.9 Å². The molecule has 5 heteroatoms. The Morgan fingerprint density at radius 1 is 1.27 bits per heavy atom.